The molecule has 2 heterocycles. The van der Waals surface area contributed by atoms with Gasteiger partial charge in [0.1, 0.15) is 0 Å². The van der Waals surface area contributed by atoms with Crippen LogP contribution in [-0.2, 0) is 6.54 Å². The highest BCUT2D eigenvalue weighted by Crippen LogP contribution is 2.12. The first kappa shape index (κ1) is 13.1. The summed E-state index contributed by atoms with van der Waals surface area (Å²) < 4.78 is 1.79. The van der Waals surface area contributed by atoms with Crippen LogP contribution in [0.25, 0.3) is 0 Å². The number of amides is 1. The Balaban J connectivity index is 2.00. The SMILES string of the molecule is CNc1cnccc1C(=O)NC(C)Cn1cccn1. The van der Waals surface area contributed by atoms with Crippen LogP contribution in [0.15, 0.2) is 36.9 Å². The zero-order valence-corrected chi connectivity index (χ0v) is 11.0. The first-order valence-corrected chi connectivity index (χ1v) is 6.10. The monoisotopic (exact) mass is 259 g/mol. The van der Waals surface area contributed by atoms with Crippen molar-refractivity contribution >= 4 is 11.6 Å². The number of anilines is 1. The predicted octanol–water partition coefficient (Wildman–Crippen LogP) is 1.14. The molecule has 0 bridgehead atoms. The van der Waals surface area contributed by atoms with Gasteiger partial charge in [0.25, 0.3) is 5.91 Å². The van der Waals surface area contributed by atoms with Crippen molar-refractivity contribution < 1.29 is 4.79 Å². The number of pyridine rings is 1. The predicted molar refractivity (Wildman–Crippen MR) is 72.9 cm³/mol. The van der Waals surface area contributed by atoms with Gasteiger partial charge in [-0.3, -0.25) is 14.5 Å². The topological polar surface area (TPSA) is 71.8 Å². The molecule has 0 aliphatic carbocycles. The highest BCUT2D eigenvalue weighted by molar-refractivity contribution is 5.99. The molecule has 0 saturated heterocycles. The molecule has 2 rings (SSSR count). The van der Waals surface area contributed by atoms with Gasteiger partial charge in [0.15, 0.2) is 0 Å². The van der Waals surface area contributed by atoms with Crippen molar-refractivity contribution in [2.45, 2.75) is 19.5 Å². The fraction of sp³-hybridized carbons (Fsp3) is 0.308. The summed E-state index contributed by atoms with van der Waals surface area (Å²) in [5.41, 5.74) is 1.30. The molecule has 1 amide bonds. The Morgan fingerprint density at radius 3 is 3.00 bits per heavy atom. The normalized spacial score (nSPS) is 11.9. The molecule has 6 heteroatoms. The Morgan fingerprint density at radius 2 is 2.32 bits per heavy atom. The van der Waals surface area contributed by atoms with Crippen molar-refractivity contribution in [3.8, 4) is 0 Å². The van der Waals surface area contributed by atoms with E-state index < -0.39 is 0 Å². The fourth-order valence-electron chi connectivity index (χ4n) is 1.83. The smallest absolute Gasteiger partial charge is 0.253 e. The second kappa shape index (κ2) is 5.99. The zero-order valence-electron chi connectivity index (χ0n) is 11.0. The fourth-order valence-corrected chi connectivity index (χ4v) is 1.83. The van der Waals surface area contributed by atoms with Gasteiger partial charge in [-0.2, -0.15) is 5.10 Å². The van der Waals surface area contributed by atoms with E-state index in [9.17, 15) is 4.79 Å². The van der Waals surface area contributed by atoms with Crippen LogP contribution in [0.4, 0.5) is 5.69 Å². The Morgan fingerprint density at radius 1 is 1.47 bits per heavy atom. The molecule has 6 nitrogen and oxygen atoms in total. The lowest BCUT2D eigenvalue weighted by Crippen LogP contribution is -2.36. The van der Waals surface area contributed by atoms with Gasteiger partial charge in [-0.05, 0) is 19.1 Å². The highest BCUT2D eigenvalue weighted by atomic mass is 16.1. The van der Waals surface area contributed by atoms with E-state index in [1.54, 1.807) is 36.4 Å². The molecule has 0 fully saturated rings. The molecule has 0 aliphatic heterocycles. The largest absolute Gasteiger partial charge is 0.386 e. The van der Waals surface area contributed by atoms with Gasteiger partial charge in [-0.25, -0.2) is 0 Å². The number of nitrogens with one attached hydrogen (secondary N) is 2. The van der Waals surface area contributed by atoms with Crippen LogP contribution in [0.3, 0.4) is 0 Å². The average molecular weight is 259 g/mol. The lowest BCUT2D eigenvalue weighted by Gasteiger charge is -2.15. The number of carbonyl (C=O) groups excluding carboxylic acids is 1. The van der Waals surface area contributed by atoms with E-state index in [0.29, 0.717) is 17.8 Å². The molecule has 0 saturated carbocycles. The average Bonchev–Trinajstić information content (AvgIpc) is 2.91. The lowest BCUT2D eigenvalue weighted by atomic mass is 10.2. The highest BCUT2D eigenvalue weighted by Gasteiger charge is 2.13. The third-order valence-corrected chi connectivity index (χ3v) is 2.73. The Hall–Kier alpha value is -2.37. The second-order valence-electron chi connectivity index (χ2n) is 4.27. The van der Waals surface area contributed by atoms with Gasteiger partial charge in [-0.1, -0.05) is 0 Å². The molecular formula is C13H17N5O. The van der Waals surface area contributed by atoms with Crippen LogP contribution in [-0.4, -0.2) is 33.8 Å². The van der Waals surface area contributed by atoms with E-state index in [1.165, 1.54) is 0 Å². The van der Waals surface area contributed by atoms with Gasteiger partial charge < -0.3 is 10.6 Å². The van der Waals surface area contributed by atoms with Gasteiger partial charge >= 0.3 is 0 Å². The van der Waals surface area contributed by atoms with Crippen molar-refractivity contribution in [2.75, 3.05) is 12.4 Å². The Labute approximate surface area is 111 Å². The molecule has 0 radical (unpaired) electrons. The minimum atomic E-state index is -0.119. The summed E-state index contributed by atoms with van der Waals surface area (Å²) in [6, 6.07) is 3.54. The van der Waals surface area contributed by atoms with Crippen LogP contribution in [0.5, 0.6) is 0 Å². The van der Waals surface area contributed by atoms with Crippen molar-refractivity contribution in [1.29, 1.82) is 0 Å². The van der Waals surface area contributed by atoms with Gasteiger partial charge in [0, 0.05) is 31.7 Å². The van der Waals surface area contributed by atoms with Crippen LogP contribution in [0.2, 0.25) is 0 Å². The molecule has 2 aromatic heterocycles. The quantitative estimate of drug-likeness (QED) is 0.844. The number of nitrogens with zero attached hydrogens (tertiary/aromatic N) is 3. The number of hydrogen-bond donors (Lipinski definition) is 2. The second-order valence-corrected chi connectivity index (χ2v) is 4.27. The van der Waals surface area contributed by atoms with Crippen LogP contribution in [0, 0.1) is 0 Å². The zero-order chi connectivity index (χ0) is 13.7. The number of aromatic nitrogens is 3. The molecule has 100 valence electrons. The maximum Gasteiger partial charge on any atom is 0.253 e. The standard InChI is InChI=1S/C13H17N5O/c1-10(9-18-7-3-5-16-18)17-13(19)11-4-6-15-8-12(11)14-2/h3-8,10,14H,9H2,1-2H3,(H,17,19). The summed E-state index contributed by atoms with van der Waals surface area (Å²) in [4.78, 5) is 16.1. The van der Waals surface area contributed by atoms with Crippen LogP contribution < -0.4 is 10.6 Å². The summed E-state index contributed by atoms with van der Waals surface area (Å²) in [7, 11) is 1.76. The lowest BCUT2D eigenvalue weighted by molar-refractivity contribution is 0.0936. The summed E-state index contributed by atoms with van der Waals surface area (Å²) in [5.74, 6) is -0.119. The van der Waals surface area contributed by atoms with Crippen molar-refractivity contribution in [3.05, 3.63) is 42.5 Å². The van der Waals surface area contributed by atoms with E-state index in [1.807, 2.05) is 19.2 Å². The van der Waals surface area contributed by atoms with Gasteiger partial charge in [0.2, 0.25) is 0 Å². The molecule has 0 spiro atoms. The molecule has 0 aliphatic rings. The number of rotatable bonds is 5. The number of hydrogen-bond acceptors (Lipinski definition) is 4. The molecule has 0 aromatic carbocycles. The maximum absolute atomic E-state index is 12.2. The van der Waals surface area contributed by atoms with Crippen molar-refractivity contribution in [2.24, 2.45) is 0 Å². The molecule has 1 atom stereocenters. The summed E-state index contributed by atoms with van der Waals surface area (Å²) in [6.45, 7) is 2.58. The van der Waals surface area contributed by atoms with E-state index in [2.05, 4.69) is 20.7 Å². The Bertz CT molecular complexity index is 538. The summed E-state index contributed by atoms with van der Waals surface area (Å²) in [6.07, 6.45) is 6.83. The van der Waals surface area contributed by atoms with E-state index in [0.717, 1.165) is 0 Å². The molecule has 2 N–H and O–H groups in total. The number of carbonyl (C=O) groups is 1. The van der Waals surface area contributed by atoms with Crippen molar-refractivity contribution in [1.82, 2.24) is 20.1 Å². The Kier molecular flexibility index (Phi) is 4.12. The minimum Gasteiger partial charge on any atom is -0.386 e. The third-order valence-electron chi connectivity index (χ3n) is 2.73. The molecule has 1 unspecified atom stereocenters. The minimum absolute atomic E-state index is 0.00901. The van der Waals surface area contributed by atoms with E-state index >= 15 is 0 Å². The summed E-state index contributed by atoms with van der Waals surface area (Å²) in [5, 5.41) is 10.0. The first-order valence-electron chi connectivity index (χ1n) is 6.10. The molecule has 19 heavy (non-hydrogen) atoms. The van der Waals surface area contributed by atoms with Crippen LogP contribution in [0.1, 0.15) is 17.3 Å². The molecular weight excluding hydrogens is 242 g/mol. The van der Waals surface area contributed by atoms with Crippen LogP contribution >= 0.6 is 0 Å². The van der Waals surface area contributed by atoms with Gasteiger partial charge in [-0.15, -0.1) is 0 Å². The van der Waals surface area contributed by atoms with E-state index in [-0.39, 0.29) is 11.9 Å². The first-order chi connectivity index (χ1) is 9.20. The van der Waals surface area contributed by atoms with Gasteiger partial charge in [0.05, 0.1) is 24.0 Å². The summed E-state index contributed by atoms with van der Waals surface area (Å²) >= 11 is 0. The van der Waals surface area contributed by atoms with Crippen molar-refractivity contribution in [3.63, 3.8) is 0 Å². The van der Waals surface area contributed by atoms with E-state index in [4.69, 9.17) is 0 Å². The maximum atomic E-state index is 12.2. The third kappa shape index (κ3) is 3.31. The molecule has 2 aromatic rings.